The van der Waals surface area contributed by atoms with E-state index >= 15 is 0 Å². The molecule has 0 saturated carbocycles. The molecule has 0 saturated heterocycles. The number of rotatable bonds is 4. The maximum absolute atomic E-state index is 12.5. The van der Waals surface area contributed by atoms with Gasteiger partial charge >= 0.3 is 0 Å². The summed E-state index contributed by atoms with van der Waals surface area (Å²) >= 11 is 0. The Kier molecular flexibility index (Phi) is 4.77. The zero-order valence-electron chi connectivity index (χ0n) is 16.0. The van der Waals surface area contributed by atoms with Gasteiger partial charge in [-0.3, -0.25) is 4.79 Å². The Morgan fingerprint density at radius 3 is 2.19 bits per heavy atom. The zero-order chi connectivity index (χ0) is 19.0. The van der Waals surface area contributed by atoms with Crippen molar-refractivity contribution >= 4 is 28.9 Å². The van der Waals surface area contributed by atoms with E-state index in [1.165, 1.54) is 0 Å². The van der Waals surface area contributed by atoms with E-state index in [0.717, 1.165) is 33.7 Å². The predicted molar refractivity (Wildman–Crippen MR) is 109 cm³/mol. The number of carbonyl (C=O) groups excluding carboxylic acids is 1. The van der Waals surface area contributed by atoms with E-state index in [4.69, 9.17) is 10.5 Å². The number of ether oxygens (including phenoxy) is 1. The maximum Gasteiger partial charge on any atom is 0.256 e. The van der Waals surface area contributed by atoms with Gasteiger partial charge in [-0.1, -0.05) is 33.8 Å². The summed E-state index contributed by atoms with van der Waals surface area (Å²) in [4.78, 5) is 12.5. The Labute approximate surface area is 155 Å². The second-order valence-electron chi connectivity index (χ2n) is 7.36. The fourth-order valence-electron chi connectivity index (χ4n) is 3.40. The highest BCUT2D eigenvalue weighted by atomic mass is 16.5. The molecular weight excluding hydrogens is 324 g/mol. The van der Waals surface area contributed by atoms with Crippen molar-refractivity contribution < 1.29 is 9.53 Å². The topological polar surface area (TPSA) is 64.3 Å². The summed E-state index contributed by atoms with van der Waals surface area (Å²) < 4.78 is 5.70. The summed E-state index contributed by atoms with van der Waals surface area (Å²) in [7, 11) is 1.72. The van der Waals surface area contributed by atoms with Crippen LogP contribution in [0, 0.1) is 0 Å². The summed E-state index contributed by atoms with van der Waals surface area (Å²) in [5.41, 5.74) is 12.1. The van der Waals surface area contributed by atoms with Crippen molar-refractivity contribution in [3.8, 4) is 5.75 Å². The van der Waals surface area contributed by atoms with E-state index in [-0.39, 0.29) is 5.91 Å². The van der Waals surface area contributed by atoms with Gasteiger partial charge in [0.05, 0.1) is 12.8 Å². The molecule has 0 bridgehead atoms. The zero-order valence-corrected chi connectivity index (χ0v) is 16.0. The molecule has 0 aromatic heterocycles. The van der Waals surface area contributed by atoms with E-state index in [1.54, 1.807) is 13.2 Å². The molecule has 136 valence electrons. The lowest BCUT2D eigenvalue weighted by Crippen LogP contribution is -2.04. The smallest absolute Gasteiger partial charge is 0.256 e. The van der Waals surface area contributed by atoms with Crippen LogP contribution in [0.2, 0.25) is 0 Å². The molecule has 1 amide bonds. The van der Waals surface area contributed by atoms with Crippen LogP contribution in [0.5, 0.6) is 5.75 Å². The van der Waals surface area contributed by atoms with E-state index in [2.05, 4.69) is 45.1 Å². The van der Waals surface area contributed by atoms with Crippen LogP contribution >= 0.6 is 0 Å². The van der Waals surface area contributed by atoms with Crippen LogP contribution in [0.15, 0.2) is 30.3 Å². The molecule has 3 rings (SSSR count). The van der Waals surface area contributed by atoms with Gasteiger partial charge in [0.15, 0.2) is 0 Å². The second kappa shape index (κ2) is 6.87. The Hall–Kier alpha value is -2.75. The first-order valence-electron chi connectivity index (χ1n) is 8.96. The molecule has 0 aliphatic carbocycles. The maximum atomic E-state index is 12.5. The molecular formula is C22H26N2O2. The second-order valence-corrected chi connectivity index (χ2v) is 7.36. The third kappa shape index (κ3) is 3.19. The Morgan fingerprint density at radius 1 is 1.04 bits per heavy atom. The Bertz CT molecular complexity index is 866. The molecule has 26 heavy (non-hydrogen) atoms. The van der Waals surface area contributed by atoms with Crippen molar-refractivity contribution in [1.82, 2.24) is 0 Å². The summed E-state index contributed by atoms with van der Waals surface area (Å²) in [5, 5.41) is 2.89. The minimum Gasteiger partial charge on any atom is -0.496 e. The summed E-state index contributed by atoms with van der Waals surface area (Å²) in [5.74, 6) is 1.50. The fraction of sp³-hybridized carbons (Fsp3) is 0.318. The highest BCUT2D eigenvalue weighted by Crippen LogP contribution is 2.38. The van der Waals surface area contributed by atoms with Crippen LogP contribution in [0.4, 0.5) is 11.4 Å². The van der Waals surface area contributed by atoms with Crippen molar-refractivity contribution in [2.24, 2.45) is 0 Å². The largest absolute Gasteiger partial charge is 0.496 e. The minimum absolute atomic E-state index is 0.0985. The number of carbonyl (C=O) groups is 1. The number of hydrogen-bond acceptors (Lipinski definition) is 3. The normalized spacial score (nSPS) is 14.9. The molecule has 1 aliphatic heterocycles. The molecule has 1 aliphatic rings. The molecule has 2 aromatic carbocycles. The van der Waals surface area contributed by atoms with E-state index in [0.29, 0.717) is 23.1 Å². The number of nitrogen functional groups attached to an aromatic ring is 1. The van der Waals surface area contributed by atoms with Crippen LogP contribution in [0.1, 0.15) is 61.8 Å². The van der Waals surface area contributed by atoms with Crippen LogP contribution in [-0.2, 0) is 4.79 Å². The molecule has 3 N–H and O–H groups in total. The van der Waals surface area contributed by atoms with Crippen molar-refractivity contribution in [3.63, 3.8) is 0 Å². The molecule has 0 atom stereocenters. The first-order valence-corrected chi connectivity index (χ1v) is 8.96. The predicted octanol–water partition coefficient (Wildman–Crippen LogP) is 5.02. The van der Waals surface area contributed by atoms with Gasteiger partial charge in [-0.25, -0.2) is 0 Å². The van der Waals surface area contributed by atoms with Gasteiger partial charge in [0.1, 0.15) is 5.75 Å². The average molecular weight is 350 g/mol. The number of benzene rings is 2. The quantitative estimate of drug-likeness (QED) is 0.601. The van der Waals surface area contributed by atoms with E-state index < -0.39 is 0 Å². The van der Waals surface area contributed by atoms with Gasteiger partial charge in [-0.2, -0.15) is 0 Å². The first kappa shape index (κ1) is 18.1. The van der Waals surface area contributed by atoms with Crippen LogP contribution in [-0.4, -0.2) is 13.0 Å². The monoisotopic (exact) mass is 350 g/mol. The number of nitrogens with one attached hydrogen (secondary N) is 1. The van der Waals surface area contributed by atoms with E-state index in [1.807, 2.05) is 18.2 Å². The molecule has 4 heteroatoms. The Balaban J connectivity index is 2.16. The Morgan fingerprint density at radius 2 is 1.65 bits per heavy atom. The molecule has 1 heterocycles. The van der Waals surface area contributed by atoms with Crippen molar-refractivity contribution in [1.29, 1.82) is 0 Å². The molecule has 0 unspecified atom stereocenters. The number of fused-ring (bicyclic) bond motifs is 1. The highest BCUT2D eigenvalue weighted by Gasteiger charge is 2.24. The summed E-state index contributed by atoms with van der Waals surface area (Å²) in [6, 6.07) is 9.74. The third-order valence-electron chi connectivity index (χ3n) is 4.75. The molecule has 0 radical (unpaired) electrons. The number of hydrogen-bond donors (Lipinski definition) is 2. The molecule has 4 nitrogen and oxygen atoms in total. The molecule has 2 aromatic rings. The SMILES string of the molecule is COc1c(C(C)C)cc(/C=C2\C(=O)Nc3cc(N)ccc32)cc1C(C)C. The lowest BCUT2D eigenvalue weighted by atomic mass is 9.90. The summed E-state index contributed by atoms with van der Waals surface area (Å²) in [6.45, 7) is 8.61. The van der Waals surface area contributed by atoms with Gasteiger partial charge in [0, 0.05) is 16.8 Å². The van der Waals surface area contributed by atoms with Gasteiger partial charge in [-0.15, -0.1) is 0 Å². The average Bonchev–Trinajstić information content (AvgIpc) is 2.88. The van der Waals surface area contributed by atoms with Gasteiger partial charge in [-0.05, 0) is 58.9 Å². The lowest BCUT2D eigenvalue weighted by molar-refractivity contribution is -0.110. The van der Waals surface area contributed by atoms with E-state index in [9.17, 15) is 4.79 Å². The van der Waals surface area contributed by atoms with Gasteiger partial charge < -0.3 is 15.8 Å². The van der Waals surface area contributed by atoms with Crippen molar-refractivity contribution in [2.75, 3.05) is 18.2 Å². The van der Waals surface area contributed by atoms with Crippen molar-refractivity contribution in [3.05, 3.63) is 52.6 Å². The van der Waals surface area contributed by atoms with Crippen LogP contribution < -0.4 is 15.8 Å². The summed E-state index contributed by atoms with van der Waals surface area (Å²) in [6.07, 6.45) is 1.95. The standard InChI is InChI=1S/C22H26N2O2/c1-12(2)17-8-14(9-18(13(3)4)21(17)26-5)10-19-16-7-6-15(23)11-20(16)24-22(19)25/h6-13H,23H2,1-5H3,(H,24,25)/b19-10-. The number of anilines is 2. The first-order chi connectivity index (χ1) is 12.3. The van der Waals surface area contributed by atoms with Crippen LogP contribution in [0.25, 0.3) is 11.6 Å². The number of nitrogens with two attached hydrogens (primary N) is 1. The molecule has 0 spiro atoms. The van der Waals surface area contributed by atoms with Crippen molar-refractivity contribution in [2.45, 2.75) is 39.5 Å². The van der Waals surface area contributed by atoms with Gasteiger partial charge in [0.25, 0.3) is 5.91 Å². The third-order valence-corrected chi connectivity index (χ3v) is 4.75. The van der Waals surface area contributed by atoms with Gasteiger partial charge in [0.2, 0.25) is 0 Å². The minimum atomic E-state index is -0.0985. The highest BCUT2D eigenvalue weighted by molar-refractivity contribution is 6.35. The lowest BCUT2D eigenvalue weighted by Gasteiger charge is -2.19. The molecule has 0 fully saturated rings. The number of amides is 1. The fourth-order valence-corrected chi connectivity index (χ4v) is 3.40. The van der Waals surface area contributed by atoms with Crippen LogP contribution in [0.3, 0.4) is 0 Å². The number of methoxy groups -OCH3 is 1.